The number of anilines is 1. The Labute approximate surface area is 169 Å². The molecule has 2 aromatic heterocycles. The van der Waals surface area contributed by atoms with Crippen molar-refractivity contribution in [3.8, 4) is 0 Å². The predicted octanol–water partition coefficient (Wildman–Crippen LogP) is 1.38. The predicted molar refractivity (Wildman–Crippen MR) is 110 cm³/mol. The maximum Gasteiger partial charge on any atom is 0.294 e. The van der Waals surface area contributed by atoms with Crippen LogP contribution in [0, 0.1) is 0 Å². The smallest absolute Gasteiger partial charge is 0.294 e. The first-order valence-corrected chi connectivity index (χ1v) is 10.2. The zero-order valence-electron chi connectivity index (χ0n) is 16.3. The van der Waals surface area contributed by atoms with Crippen LogP contribution in [-0.4, -0.2) is 77.1 Å². The third-order valence-electron chi connectivity index (χ3n) is 4.89. The van der Waals surface area contributed by atoms with Gasteiger partial charge < -0.3 is 19.3 Å². The lowest BCUT2D eigenvalue weighted by atomic mass is 10.3. The number of aliphatic hydroxyl groups excluding tert-OH is 1. The molecule has 0 unspecified atom stereocenters. The van der Waals surface area contributed by atoms with Crippen LogP contribution < -0.4 is 10.5 Å². The Kier molecular flexibility index (Phi) is 7.61. The standard InChI is InChI=1S/C19H28ClN5O3/c1-2-11-28-12-9-25-16-13-17(20)21-14-15(16)22-18(19(25)27)24-7-5-23(6-8-24)4-3-10-26/h13-14,26H,2-12H2,1H3. The fraction of sp³-hybridized carbons (Fsp3) is 0.632. The van der Waals surface area contributed by atoms with Gasteiger partial charge in [-0.25, -0.2) is 9.97 Å². The van der Waals surface area contributed by atoms with Crippen molar-refractivity contribution in [3.05, 3.63) is 27.8 Å². The zero-order valence-corrected chi connectivity index (χ0v) is 17.1. The summed E-state index contributed by atoms with van der Waals surface area (Å²) in [4.78, 5) is 26.3. The molecule has 1 aliphatic heterocycles. The van der Waals surface area contributed by atoms with Crippen molar-refractivity contribution < 1.29 is 9.84 Å². The van der Waals surface area contributed by atoms with Gasteiger partial charge in [0.1, 0.15) is 10.7 Å². The molecule has 0 spiro atoms. The summed E-state index contributed by atoms with van der Waals surface area (Å²) < 4.78 is 7.28. The lowest BCUT2D eigenvalue weighted by molar-refractivity contribution is 0.127. The Hall–Kier alpha value is -1.74. The molecule has 0 aromatic carbocycles. The van der Waals surface area contributed by atoms with E-state index in [-0.39, 0.29) is 12.2 Å². The minimum Gasteiger partial charge on any atom is -0.396 e. The summed E-state index contributed by atoms with van der Waals surface area (Å²) in [6.07, 6.45) is 3.32. The van der Waals surface area contributed by atoms with Gasteiger partial charge >= 0.3 is 0 Å². The third kappa shape index (κ3) is 5.00. The number of hydrogen-bond donors (Lipinski definition) is 1. The topological polar surface area (TPSA) is 83.7 Å². The van der Waals surface area contributed by atoms with Crippen molar-refractivity contribution in [2.45, 2.75) is 26.3 Å². The molecule has 8 nitrogen and oxygen atoms in total. The number of pyridine rings is 1. The molecule has 0 amide bonds. The number of rotatable bonds is 9. The number of hydrogen-bond acceptors (Lipinski definition) is 7. The highest BCUT2D eigenvalue weighted by Gasteiger charge is 2.22. The second kappa shape index (κ2) is 10.2. The van der Waals surface area contributed by atoms with Crippen molar-refractivity contribution in [2.24, 2.45) is 0 Å². The second-order valence-corrected chi connectivity index (χ2v) is 7.29. The van der Waals surface area contributed by atoms with E-state index >= 15 is 0 Å². The number of nitrogens with zero attached hydrogens (tertiary/aromatic N) is 5. The largest absolute Gasteiger partial charge is 0.396 e. The number of fused-ring (bicyclic) bond motifs is 1. The Bertz CT molecular complexity index is 836. The van der Waals surface area contributed by atoms with Gasteiger partial charge in [0.2, 0.25) is 0 Å². The minimum atomic E-state index is -0.126. The highest BCUT2D eigenvalue weighted by atomic mass is 35.5. The number of halogens is 1. The van der Waals surface area contributed by atoms with E-state index in [9.17, 15) is 4.79 Å². The maximum atomic E-state index is 13.2. The molecule has 1 fully saturated rings. The first kappa shape index (κ1) is 21.0. The molecule has 0 saturated carbocycles. The normalized spacial score (nSPS) is 15.5. The van der Waals surface area contributed by atoms with Gasteiger partial charge in [-0.05, 0) is 12.8 Å². The fourth-order valence-corrected chi connectivity index (χ4v) is 3.57. The zero-order chi connectivity index (χ0) is 19.9. The van der Waals surface area contributed by atoms with Gasteiger partial charge in [0.15, 0.2) is 5.82 Å². The summed E-state index contributed by atoms with van der Waals surface area (Å²) in [5.74, 6) is 0.453. The van der Waals surface area contributed by atoms with E-state index in [1.807, 2.05) is 4.90 Å². The van der Waals surface area contributed by atoms with Crippen molar-refractivity contribution in [1.29, 1.82) is 0 Å². The molecular weight excluding hydrogens is 382 g/mol. The molecule has 3 rings (SSSR count). The lowest BCUT2D eigenvalue weighted by Crippen LogP contribution is -2.49. The summed E-state index contributed by atoms with van der Waals surface area (Å²) >= 11 is 6.05. The summed E-state index contributed by atoms with van der Waals surface area (Å²) in [6.45, 7) is 7.85. The fourth-order valence-electron chi connectivity index (χ4n) is 3.42. The van der Waals surface area contributed by atoms with Crippen molar-refractivity contribution in [3.63, 3.8) is 0 Å². The Morgan fingerprint density at radius 3 is 2.71 bits per heavy atom. The van der Waals surface area contributed by atoms with Crippen LogP contribution in [0.3, 0.4) is 0 Å². The number of ether oxygens (including phenoxy) is 1. The van der Waals surface area contributed by atoms with Crippen molar-refractivity contribution >= 4 is 28.5 Å². The molecule has 0 aliphatic carbocycles. The van der Waals surface area contributed by atoms with Gasteiger partial charge in [0, 0.05) is 58.5 Å². The lowest BCUT2D eigenvalue weighted by Gasteiger charge is -2.35. The first-order valence-electron chi connectivity index (χ1n) is 9.86. The highest BCUT2D eigenvalue weighted by Crippen LogP contribution is 2.18. The molecule has 3 heterocycles. The molecule has 1 saturated heterocycles. The summed E-state index contributed by atoms with van der Waals surface area (Å²) in [7, 11) is 0. The van der Waals surface area contributed by atoms with Gasteiger partial charge in [-0.1, -0.05) is 18.5 Å². The Morgan fingerprint density at radius 1 is 1.21 bits per heavy atom. The molecule has 9 heteroatoms. The van der Waals surface area contributed by atoms with E-state index < -0.39 is 0 Å². The maximum absolute atomic E-state index is 13.2. The van der Waals surface area contributed by atoms with Crippen LogP contribution in [0.5, 0.6) is 0 Å². The Balaban J connectivity index is 1.85. The third-order valence-corrected chi connectivity index (χ3v) is 5.10. The van der Waals surface area contributed by atoms with E-state index in [4.69, 9.17) is 21.4 Å². The summed E-state index contributed by atoms with van der Waals surface area (Å²) in [6, 6.07) is 1.68. The van der Waals surface area contributed by atoms with Gasteiger partial charge in [-0.15, -0.1) is 0 Å². The van der Waals surface area contributed by atoms with Crippen LogP contribution in [0.1, 0.15) is 19.8 Å². The van der Waals surface area contributed by atoms with E-state index in [1.54, 1.807) is 16.8 Å². The average Bonchev–Trinajstić information content (AvgIpc) is 2.71. The summed E-state index contributed by atoms with van der Waals surface area (Å²) in [5.41, 5.74) is 1.20. The van der Waals surface area contributed by atoms with Crippen molar-refractivity contribution in [1.82, 2.24) is 19.4 Å². The number of piperazine rings is 1. The van der Waals surface area contributed by atoms with Crippen LogP contribution in [0.25, 0.3) is 11.0 Å². The first-order chi connectivity index (χ1) is 13.6. The van der Waals surface area contributed by atoms with E-state index in [2.05, 4.69) is 21.8 Å². The molecule has 0 bridgehead atoms. The second-order valence-electron chi connectivity index (χ2n) is 6.91. The van der Waals surface area contributed by atoms with Crippen LogP contribution in [0.15, 0.2) is 17.1 Å². The number of aliphatic hydroxyl groups is 1. The van der Waals surface area contributed by atoms with Crippen LogP contribution in [0.4, 0.5) is 5.82 Å². The minimum absolute atomic E-state index is 0.126. The SMILES string of the molecule is CCCOCCn1c(=O)c(N2CCN(CCCO)CC2)nc2cnc(Cl)cc21. The van der Waals surface area contributed by atoms with Gasteiger partial charge in [0.05, 0.1) is 18.3 Å². The molecule has 1 aliphatic rings. The van der Waals surface area contributed by atoms with E-state index in [0.29, 0.717) is 41.8 Å². The van der Waals surface area contributed by atoms with Crippen LogP contribution in [0.2, 0.25) is 5.15 Å². The quantitative estimate of drug-likeness (QED) is 0.494. The van der Waals surface area contributed by atoms with Gasteiger partial charge in [0.25, 0.3) is 5.56 Å². The van der Waals surface area contributed by atoms with Gasteiger partial charge in [-0.2, -0.15) is 0 Å². The number of aromatic nitrogens is 3. The van der Waals surface area contributed by atoms with Gasteiger partial charge in [-0.3, -0.25) is 9.69 Å². The molecule has 0 atom stereocenters. The molecule has 1 N–H and O–H groups in total. The van der Waals surface area contributed by atoms with E-state index in [1.165, 1.54) is 0 Å². The molecule has 28 heavy (non-hydrogen) atoms. The molecule has 154 valence electrons. The van der Waals surface area contributed by atoms with E-state index in [0.717, 1.165) is 45.6 Å². The average molecular weight is 410 g/mol. The summed E-state index contributed by atoms with van der Waals surface area (Å²) in [5, 5.41) is 9.34. The van der Waals surface area contributed by atoms with Crippen LogP contribution >= 0.6 is 11.6 Å². The molecular formula is C19H28ClN5O3. The molecule has 2 aromatic rings. The van der Waals surface area contributed by atoms with Crippen LogP contribution in [-0.2, 0) is 11.3 Å². The highest BCUT2D eigenvalue weighted by molar-refractivity contribution is 6.29. The van der Waals surface area contributed by atoms with Crippen molar-refractivity contribution in [2.75, 3.05) is 57.4 Å². The Morgan fingerprint density at radius 2 is 2.00 bits per heavy atom. The molecule has 0 radical (unpaired) electrons. The monoisotopic (exact) mass is 409 g/mol.